The van der Waals surface area contributed by atoms with Gasteiger partial charge in [-0.05, 0) is 49.4 Å². The SMILES string of the molecule is CNC(C)c1nnnn1-c1c(C)cccc1C. The van der Waals surface area contributed by atoms with Crippen LogP contribution in [-0.4, -0.2) is 27.3 Å². The summed E-state index contributed by atoms with van der Waals surface area (Å²) in [4.78, 5) is 0. The van der Waals surface area contributed by atoms with Crippen molar-refractivity contribution in [1.82, 2.24) is 25.5 Å². The van der Waals surface area contributed by atoms with Crippen molar-refractivity contribution in [3.05, 3.63) is 35.2 Å². The van der Waals surface area contributed by atoms with Crippen LogP contribution in [0.4, 0.5) is 0 Å². The number of nitrogens with one attached hydrogen (secondary N) is 1. The lowest BCUT2D eigenvalue weighted by atomic mass is 10.1. The van der Waals surface area contributed by atoms with E-state index in [2.05, 4.69) is 46.8 Å². The van der Waals surface area contributed by atoms with E-state index < -0.39 is 0 Å². The molecule has 0 spiro atoms. The van der Waals surface area contributed by atoms with Gasteiger partial charge in [0, 0.05) is 0 Å². The minimum atomic E-state index is 0.115. The molecular weight excluding hydrogens is 214 g/mol. The zero-order chi connectivity index (χ0) is 12.4. The first kappa shape index (κ1) is 11.7. The normalized spacial score (nSPS) is 12.7. The number of rotatable bonds is 3. The van der Waals surface area contributed by atoms with E-state index in [0.29, 0.717) is 0 Å². The third-order valence-electron chi connectivity index (χ3n) is 2.97. The Morgan fingerprint density at radius 2 is 1.88 bits per heavy atom. The average Bonchev–Trinajstić information content (AvgIpc) is 2.77. The summed E-state index contributed by atoms with van der Waals surface area (Å²) in [6, 6.07) is 6.29. The average molecular weight is 231 g/mol. The van der Waals surface area contributed by atoms with Crippen molar-refractivity contribution in [2.75, 3.05) is 7.05 Å². The summed E-state index contributed by atoms with van der Waals surface area (Å²) in [6.07, 6.45) is 0. The lowest BCUT2D eigenvalue weighted by molar-refractivity contribution is 0.587. The van der Waals surface area contributed by atoms with E-state index in [4.69, 9.17) is 0 Å². The van der Waals surface area contributed by atoms with Crippen LogP contribution in [-0.2, 0) is 0 Å². The van der Waals surface area contributed by atoms with Crippen LogP contribution in [0, 0.1) is 13.8 Å². The van der Waals surface area contributed by atoms with Crippen LogP contribution in [0.3, 0.4) is 0 Å². The summed E-state index contributed by atoms with van der Waals surface area (Å²) in [7, 11) is 1.90. The van der Waals surface area contributed by atoms with Gasteiger partial charge < -0.3 is 5.32 Å². The van der Waals surface area contributed by atoms with Gasteiger partial charge in [-0.15, -0.1) is 5.10 Å². The van der Waals surface area contributed by atoms with E-state index in [0.717, 1.165) is 11.5 Å². The number of aromatic nitrogens is 4. The summed E-state index contributed by atoms with van der Waals surface area (Å²) in [5, 5.41) is 15.1. The highest BCUT2D eigenvalue weighted by atomic mass is 15.5. The summed E-state index contributed by atoms with van der Waals surface area (Å²) >= 11 is 0. The van der Waals surface area contributed by atoms with Crippen LogP contribution in [0.1, 0.15) is 29.9 Å². The number of hydrogen-bond acceptors (Lipinski definition) is 4. The molecule has 0 aliphatic carbocycles. The number of aryl methyl sites for hydroxylation is 2. The number of tetrazole rings is 1. The first-order chi connectivity index (χ1) is 8.15. The van der Waals surface area contributed by atoms with Gasteiger partial charge in [-0.2, -0.15) is 4.68 Å². The fourth-order valence-electron chi connectivity index (χ4n) is 1.89. The van der Waals surface area contributed by atoms with Gasteiger partial charge in [0.2, 0.25) is 0 Å². The number of para-hydroxylation sites is 1. The highest BCUT2D eigenvalue weighted by molar-refractivity contribution is 5.46. The second-order valence-corrected chi connectivity index (χ2v) is 4.20. The first-order valence-electron chi connectivity index (χ1n) is 5.67. The van der Waals surface area contributed by atoms with Gasteiger partial charge in [-0.3, -0.25) is 0 Å². The molecule has 5 nitrogen and oxygen atoms in total. The summed E-state index contributed by atoms with van der Waals surface area (Å²) in [6.45, 7) is 6.17. The van der Waals surface area contributed by atoms with Crippen molar-refractivity contribution >= 4 is 0 Å². The standard InChI is InChI=1S/C12H17N5/c1-8-6-5-7-9(2)11(8)17-12(10(3)13-4)14-15-16-17/h5-7,10,13H,1-4H3. The van der Waals surface area contributed by atoms with Crippen molar-refractivity contribution in [3.8, 4) is 5.69 Å². The van der Waals surface area contributed by atoms with E-state index in [1.807, 2.05) is 24.7 Å². The Morgan fingerprint density at radius 1 is 1.24 bits per heavy atom. The topological polar surface area (TPSA) is 55.6 Å². The highest BCUT2D eigenvalue weighted by Gasteiger charge is 2.16. The van der Waals surface area contributed by atoms with Crippen LogP contribution in [0.2, 0.25) is 0 Å². The Labute approximate surface area is 101 Å². The molecule has 0 saturated heterocycles. The van der Waals surface area contributed by atoms with E-state index in [1.165, 1.54) is 11.1 Å². The Kier molecular flexibility index (Phi) is 3.19. The van der Waals surface area contributed by atoms with Crippen LogP contribution in [0.5, 0.6) is 0 Å². The molecule has 0 fully saturated rings. The fourth-order valence-corrected chi connectivity index (χ4v) is 1.89. The molecule has 2 rings (SSSR count). The quantitative estimate of drug-likeness (QED) is 0.871. The van der Waals surface area contributed by atoms with Crippen molar-refractivity contribution in [3.63, 3.8) is 0 Å². The van der Waals surface area contributed by atoms with Crippen LogP contribution in [0.15, 0.2) is 18.2 Å². The summed E-state index contributed by atoms with van der Waals surface area (Å²) in [5.41, 5.74) is 3.40. The molecule has 2 aromatic rings. The van der Waals surface area contributed by atoms with Crippen molar-refractivity contribution in [2.24, 2.45) is 0 Å². The maximum Gasteiger partial charge on any atom is 0.173 e. The molecule has 1 heterocycles. The smallest absolute Gasteiger partial charge is 0.173 e. The minimum absolute atomic E-state index is 0.115. The van der Waals surface area contributed by atoms with Crippen LogP contribution >= 0.6 is 0 Å². The summed E-state index contributed by atoms with van der Waals surface area (Å²) in [5.74, 6) is 0.824. The van der Waals surface area contributed by atoms with Crippen molar-refractivity contribution < 1.29 is 0 Å². The Morgan fingerprint density at radius 3 is 2.47 bits per heavy atom. The molecule has 5 heteroatoms. The number of benzene rings is 1. The van der Waals surface area contributed by atoms with Crippen LogP contribution < -0.4 is 5.32 Å². The van der Waals surface area contributed by atoms with Crippen LogP contribution in [0.25, 0.3) is 5.69 Å². The molecule has 1 atom stereocenters. The lowest BCUT2D eigenvalue weighted by Crippen LogP contribution is -2.18. The maximum atomic E-state index is 4.09. The lowest BCUT2D eigenvalue weighted by Gasteiger charge is -2.14. The molecular formula is C12H17N5. The zero-order valence-electron chi connectivity index (χ0n) is 10.6. The molecule has 17 heavy (non-hydrogen) atoms. The third-order valence-corrected chi connectivity index (χ3v) is 2.97. The second kappa shape index (κ2) is 4.63. The number of hydrogen-bond donors (Lipinski definition) is 1. The Bertz CT molecular complexity index is 497. The van der Waals surface area contributed by atoms with Gasteiger partial charge in [0.05, 0.1) is 11.7 Å². The predicted octanol–water partition coefficient (Wildman–Crippen LogP) is 1.56. The highest BCUT2D eigenvalue weighted by Crippen LogP contribution is 2.20. The first-order valence-corrected chi connectivity index (χ1v) is 5.67. The predicted molar refractivity (Wildman–Crippen MR) is 66.1 cm³/mol. The summed E-state index contributed by atoms with van der Waals surface area (Å²) < 4.78 is 1.81. The van der Waals surface area contributed by atoms with E-state index in [-0.39, 0.29) is 6.04 Å². The molecule has 1 aromatic carbocycles. The largest absolute Gasteiger partial charge is 0.311 e. The molecule has 0 saturated carbocycles. The van der Waals surface area contributed by atoms with E-state index in [9.17, 15) is 0 Å². The molecule has 0 bridgehead atoms. The van der Waals surface area contributed by atoms with E-state index >= 15 is 0 Å². The van der Waals surface area contributed by atoms with Crippen molar-refractivity contribution in [2.45, 2.75) is 26.8 Å². The maximum absolute atomic E-state index is 4.09. The minimum Gasteiger partial charge on any atom is -0.311 e. The zero-order valence-corrected chi connectivity index (χ0v) is 10.6. The molecule has 0 aliphatic rings. The van der Waals surface area contributed by atoms with Gasteiger partial charge in [-0.1, -0.05) is 18.2 Å². The molecule has 1 unspecified atom stereocenters. The fraction of sp³-hybridized carbons (Fsp3) is 0.417. The Hall–Kier alpha value is -1.75. The second-order valence-electron chi connectivity index (χ2n) is 4.20. The van der Waals surface area contributed by atoms with Gasteiger partial charge in [-0.25, -0.2) is 0 Å². The van der Waals surface area contributed by atoms with Crippen molar-refractivity contribution in [1.29, 1.82) is 0 Å². The third kappa shape index (κ3) is 2.06. The van der Waals surface area contributed by atoms with Gasteiger partial charge >= 0.3 is 0 Å². The van der Waals surface area contributed by atoms with Gasteiger partial charge in [0.15, 0.2) is 5.82 Å². The Balaban J connectivity index is 2.58. The number of nitrogens with zero attached hydrogens (tertiary/aromatic N) is 4. The molecule has 90 valence electrons. The van der Waals surface area contributed by atoms with Gasteiger partial charge in [0.1, 0.15) is 0 Å². The molecule has 1 N–H and O–H groups in total. The molecule has 0 radical (unpaired) electrons. The monoisotopic (exact) mass is 231 g/mol. The molecule has 1 aromatic heterocycles. The van der Waals surface area contributed by atoms with E-state index in [1.54, 1.807) is 0 Å². The molecule has 0 aliphatic heterocycles. The molecule has 0 amide bonds. The van der Waals surface area contributed by atoms with Gasteiger partial charge in [0.25, 0.3) is 0 Å².